The van der Waals surface area contributed by atoms with Gasteiger partial charge >= 0.3 is 5.97 Å². The number of hydrogen-bond donors (Lipinski definition) is 1. The van der Waals surface area contributed by atoms with Gasteiger partial charge in [0.05, 0.1) is 18.4 Å². The Morgan fingerprint density at radius 2 is 2.14 bits per heavy atom. The van der Waals surface area contributed by atoms with E-state index >= 15 is 0 Å². The van der Waals surface area contributed by atoms with Crippen LogP contribution in [0.4, 0.5) is 5.69 Å². The first-order valence-electron chi connectivity index (χ1n) is 7.28. The summed E-state index contributed by atoms with van der Waals surface area (Å²) >= 11 is 0. The molecule has 2 rings (SSSR count). The Kier molecular flexibility index (Phi) is 5.32. The van der Waals surface area contributed by atoms with Crippen LogP contribution < -0.4 is 10.5 Å². The lowest BCUT2D eigenvalue weighted by Crippen LogP contribution is -2.36. The van der Waals surface area contributed by atoms with Crippen molar-refractivity contribution in [2.24, 2.45) is 0 Å². The zero-order valence-corrected chi connectivity index (χ0v) is 12.2. The van der Waals surface area contributed by atoms with Crippen LogP contribution in [-0.4, -0.2) is 46.7 Å². The van der Waals surface area contributed by atoms with Gasteiger partial charge in [-0.3, -0.25) is 4.79 Å². The van der Waals surface area contributed by atoms with Gasteiger partial charge < -0.3 is 14.7 Å². The molecular formula is C14H21N3O4. The monoisotopic (exact) mass is 295 g/mol. The first kappa shape index (κ1) is 15.5. The molecule has 0 radical (unpaired) electrons. The predicted molar refractivity (Wildman–Crippen MR) is 77.6 cm³/mol. The molecule has 21 heavy (non-hydrogen) atoms. The van der Waals surface area contributed by atoms with Gasteiger partial charge in [-0.1, -0.05) is 0 Å². The third kappa shape index (κ3) is 4.04. The number of aromatic nitrogens is 2. The summed E-state index contributed by atoms with van der Waals surface area (Å²) in [5, 5.41) is 13.1. The highest BCUT2D eigenvalue weighted by atomic mass is 16.5. The van der Waals surface area contributed by atoms with Gasteiger partial charge in [0, 0.05) is 25.8 Å². The second-order valence-corrected chi connectivity index (χ2v) is 5.06. The molecule has 1 aromatic rings. The van der Waals surface area contributed by atoms with Crippen molar-refractivity contribution in [1.29, 1.82) is 0 Å². The van der Waals surface area contributed by atoms with Crippen molar-refractivity contribution in [2.75, 3.05) is 24.6 Å². The average Bonchev–Trinajstić information content (AvgIpc) is 2.49. The Morgan fingerprint density at radius 3 is 2.71 bits per heavy atom. The van der Waals surface area contributed by atoms with E-state index < -0.39 is 12.1 Å². The second kappa shape index (κ2) is 7.21. The lowest BCUT2D eigenvalue weighted by atomic mass is 10.1. The smallest absolute Gasteiger partial charge is 0.334 e. The van der Waals surface area contributed by atoms with Crippen molar-refractivity contribution in [1.82, 2.24) is 9.78 Å². The van der Waals surface area contributed by atoms with Crippen LogP contribution in [-0.2, 0) is 16.1 Å². The van der Waals surface area contributed by atoms with Gasteiger partial charge in [-0.2, -0.15) is 5.10 Å². The molecule has 1 aliphatic heterocycles. The Labute approximate surface area is 123 Å². The molecule has 2 heterocycles. The number of nitrogens with zero attached hydrogens (tertiary/aromatic N) is 3. The maximum absolute atomic E-state index is 12.1. The van der Waals surface area contributed by atoms with Gasteiger partial charge in [0.1, 0.15) is 0 Å². The third-order valence-corrected chi connectivity index (χ3v) is 3.56. The normalized spacial score (nSPS) is 16.7. The fraction of sp³-hybridized carbons (Fsp3) is 0.643. The van der Waals surface area contributed by atoms with Crippen molar-refractivity contribution in [2.45, 2.75) is 38.8 Å². The molecule has 0 aliphatic carbocycles. The van der Waals surface area contributed by atoms with Crippen LogP contribution in [0.5, 0.6) is 0 Å². The van der Waals surface area contributed by atoms with Crippen molar-refractivity contribution < 1.29 is 14.6 Å². The molecule has 0 spiro atoms. The largest absolute Gasteiger partial charge is 0.479 e. The van der Waals surface area contributed by atoms with Gasteiger partial charge in [0.2, 0.25) is 0 Å². The van der Waals surface area contributed by atoms with Crippen molar-refractivity contribution in [3.63, 3.8) is 0 Å². The zero-order chi connectivity index (χ0) is 15.2. The van der Waals surface area contributed by atoms with Crippen LogP contribution in [0.1, 0.15) is 26.2 Å². The van der Waals surface area contributed by atoms with Crippen LogP contribution in [0.2, 0.25) is 0 Å². The molecule has 1 N–H and O–H groups in total. The number of ether oxygens (including phenoxy) is 1. The minimum Gasteiger partial charge on any atom is -0.479 e. The SMILES string of the molecule is CCOC(Cn1ncc(N2CCCCC2)cc1=O)C(=O)O. The molecule has 1 aliphatic rings. The van der Waals surface area contributed by atoms with Crippen molar-refractivity contribution in [3.05, 3.63) is 22.6 Å². The molecule has 1 aromatic heterocycles. The van der Waals surface area contributed by atoms with Gasteiger partial charge in [0.25, 0.3) is 5.56 Å². The van der Waals surface area contributed by atoms with Crippen LogP contribution in [0.25, 0.3) is 0 Å². The molecule has 1 atom stereocenters. The molecule has 0 amide bonds. The summed E-state index contributed by atoms with van der Waals surface area (Å²) in [4.78, 5) is 25.3. The van der Waals surface area contributed by atoms with Crippen LogP contribution in [0.3, 0.4) is 0 Å². The summed E-state index contributed by atoms with van der Waals surface area (Å²) in [5.41, 5.74) is 0.503. The fourth-order valence-corrected chi connectivity index (χ4v) is 2.45. The summed E-state index contributed by atoms with van der Waals surface area (Å²) in [5.74, 6) is -1.09. The molecule has 0 saturated carbocycles. The highest BCUT2D eigenvalue weighted by molar-refractivity contribution is 5.72. The number of rotatable bonds is 6. The van der Waals surface area contributed by atoms with Gasteiger partial charge in [-0.15, -0.1) is 0 Å². The van der Waals surface area contributed by atoms with E-state index in [-0.39, 0.29) is 18.7 Å². The molecule has 7 heteroatoms. The predicted octanol–water partition coefficient (Wildman–Crippen LogP) is 0.723. The molecule has 7 nitrogen and oxygen atoms in total. The highest BCUT2D eigenvalue weighted by Gasteiger charge is 2.20. The molecular weight excluding hydrogens is 274 g/mol. The van der Waals surface area contributed by atoms with Gasteiger partial charge in [0.15, 0.2) is 6.10 Å². The van der Waals surface area contributed by atoms with E-state index in [1.165, 1.54) is 12.5 Å². The molecule has 1 unspecified atom stereocenters. The molecule has 1 fully saturated rings. The number of aliphatic carboxylic acids is 1. The number of carbonyl (C=O) groups is 1. The number of piperidine rings is 1. The average molecular weight is 295 g/mol. The first-order valence-corrected chi connectivity index (χ1v) is 7.28. The number of carboxylic acid groups (broad SMARTS) is 1. The maximum Gasteiger partial charge on any atom is 0.334 e. The fourth-order valence-electron chi connectivity index (χ4n) is 2.45. The lowest BCUT2D eigenvalue weighted by Gasteiger charge is -2.28. The van der Waals surface area contributed by atoms with Crippen LogP contribution >= 0.6 is 0 Å². The quantitative estimate of drug-likeness (QED) is 0.832. The van der Waals surface area contributed by atoms with E-state index in [1.54, 1.807) is 13.1 Å². The number of hydrogen-bond acceptors (Lipinski definition) is 5. The zero-order valence-electron chi connectivity index (χ0n) is 12.2. The second-order valence-electron chi connectivity index (χ2n) is 5.06. The van der Waals surface area contributed by atoms with E-state index in [0.29, 0.717) is 0 Å². The maximum atomic E-state index is 12.1. The summed E-state index contributed by atoms with van der Waals surface area (Å²) in [6, 6.07) is 1.52. The van der Waals surface area contributed by atoms with Crippen LogP contribution in [0.15, 0.2) is 17.1 Å². The summed E-state index contributed by atoms with van der Waals surface area (Å²) in [7, 11) is 0. The number of anilines is 1. The highest BCUT2D eigenvalue weighted by Crippen LogP contribution is 2.16. The van der Waals surface area contributed by atoms with E-state index in [1.807, 2.05) is 0 Å². The summed E-state index contributed by atoms with van der Waals surface area (Å²) in [6.45, 7) is 3.77. The van der Waals surface area contributed by atoms with Crippen LogP contribution in [0, 0.1) is 0 Å². The Morgan fingerprint density at radius 1 is 1.43 bits per heavy atom. The topological polar surface area (TPSA) is 84.7 Å². The van der Waals surface area contributed by atoms with Crippen molar-refractivity contribution >= 4 is 11.7 Å². The van der Waals surface area contributed by atoms with E-state index in [4.69, 9.17) is 9.84 Å². The minimum atomic E-state index is -1.09. The van der Waals surface area contributed by atoms with E-state index in [0.717, 1.165) is 36.3 Å². The molecule has 0 aromatic carbocycles. The van der Waals surface area contributed by atoms with Gasteiger partial charge in [-0.25, -0.2) is 9.48 Å². The van der Waals surface area contributed by atoms with Gasteiger partial charge in [-0.05, 0) is 26.2 Å². The Bertz CT molecular complexity index is 537. The molecule has 0 bridgehead atoms. The summed E-state index contributed by atoms with van der Waals surface area (Å²) in [6.07, 6.45) is 4.03. The molecule has 1 saturated heterocycles. The molecule has 116 valence electrons. The van der Waals surface area contributed by atoms with Crippen molar-refractivity contribution in [3.8, 4) is 0 Å². The standard InChI is InChI=1S/C14H21N3O4/c1-2-21-12(14(19)20)10-17-13(18)8-11(9-15-17)16-6-4-3-5-7-16/h8-9,12H,2-7,10H2,1H3,(H,19,20). The Hall–Kier alpha value is -1.89. The van der Waals surface area contributed by atoms with E-state index in [9.17, 15) is 9.59 Å². The Balaban J connectivity index is 2.11. The van der Waals surface area contributed by atoms with E-state index in [2.05, 4.69) is 10.00 Å². The first-order chi connectivity index (χ1) is 10.1. The third-order valence-electron chi connectivity index (χ3n) is 3.56. The minimum absolute atomic E-state index is 0.0811. The summed E-state index contributed by atoms with van der Waals surface area (Å²) < 4.78 is 6.24. The number of carboxylic acids is 1. The lowest BCUT2D eigenvalue weighted by molar-refractivity contribution is -0.151.